The summed E-state index contributed by atoms with van der Waals surface area (Å²) in [4.78, 5) is 25.4. The number of benzene rings is 1. The Labute approximate surface area is 143 Å². The van der Waals surface area contributed by atoms with E-state index in [0.717, 1.165) is 4.88 Å². The molecule has 0 saturated heterocycles. The molecule has 1 heterocycles. The zero-order valence-corrected chi connectivity index (χ0v) is 14.0. The van der Waals surface area contributed by atoms with Crippen molar-refractivity contribution in [2.75, 3.05) is 6.54 Å². The summed E-state index contributed by atoms with van der Waals surface area (Å²) in [5.41, 5.74) is 0.383. The lowest BCUT2D eigenvalue weighted by atomic mass is 10.2. The van der Waals surface area contributed by atoms with Crippen LogP contribution in [0.15, 0.2) is 41.8 Å². The lowest BCUT2D eigenvalue weighted by molar-refractivity contribution is -0.384. The third-order valence-electron chi connectivity index (χ3n) is 3.21. The van der Waals surface area contributed by atoms with Gasteiger partial charge in [0.15, 0.2) is 0 Å². The minimum absolute atomic E-state index is 0.0753. The van der Waals surface area contributed by atoms with Crippen molar-refractivity contribution in [1.29, 1.82) is 0 Å². The molecule has 5 nitrogen and oxygen atoms in total. The Balaban J connectivity index is 2.10. The SMILES string of the molecule is CCN(Cc1cccs1)C(=O)/C=C/c1ccc(Cl)c([N+](=O)[O-])c1. The molecule has 0 atom stereocenters. The Morgan fingerprint density at radius 1 is 1.43 bits per heavy atom. The molecule has 7 heteroatoms. The molecule has 0 bridgehead atoms. The van der Waals surface area contributed by atoms with Crippen LogP contribution in [-0.2, 0) is 11.3 Å². The van der Waals surface area contributed by atoms with Gasteiger partial charge in [-0.1, -0.05) is 23.7 Å². The Morgan fingerprint density at radius 3 is 2.83 bits per heavy atom. The van der Waals surface area contributed by atoms with Gasteiger partial charge in [0.25, 0.3) is 5.69 Å². The van der Waals surface area contributed by atoms with E-state index in [1.807, 2.05) is 24.4 Å². The van der Waals surface area contributed by atoms with Crippen molar-refractivity contribution in [2.45, 2.75) is 13.5 Å². The van der Waals surface area contributed by atoms with Crippen LogP contribution in [0.3, 0.4) is 0 Å². The maximum atomic E-state index is 12.2. The molecule has 0 aliphatic carbocycles. The Hall–Kier alpha value is -2.18. The second-order valence-electron chi connectivity index (χ2n) is 4.73. The number of carbonyl (C=O) groups excluding carboxylic acids is 1. The fourth-order valence-electron chi connectivity index (χ4n) is 1.98. The van der Waals surface area contributed by atoms with Crippen molar-refractivity contribution in [2.24, 2.45) is 0 Å². The summed E-state index contributed by atoms with van der Waals surface area (Å²) in [6.45, 7) is 3.05. The van der Waals surface area contributed by atoms with E-state index in [2.05, 4.69) is 0 Å². The first kappa shape index (κ1) is 17.2. The molecule has 23 heavy (non-hydrogen) atoms. The van der Waals surface area contributed by atoms with E-state index < -0.39 is 4.92 Å². The minimum Gasteiger partial charge on any atom is -0.334 e. The van der Waals surface area contributed by atoms with Gasteiger partial charge in [0.05, 0.1) is 11.5 Å². The summed E-state index contributed by atoms with van der Waals surface area (Å²) in [6, 6.07) is 8.36. The quantitative estimate of drug-likeness (QED) is 0.441. The number of hydrogen-bond acceptors (Lipinski definition) is 4. The molecule has 2 rings (SSSR count). The third-order valence-corrected chi connectivity index (χ3v) is 4.39. The van der Waals surface area contributed by atoms with Gasteiger partial charge in [0.1, 0.15) is 5.02 Å². The highest BCUT2D eigenvalue weighted by atomic mass is 35.5. The zero-order chi connectivity index (χ0) is 16.8. The Morgan fingerprint density at radius 2 is 2.22 bits per heavy atom. The lowest BCUT2D eigenvalue weighted by Crippen LogP contribution is -2.28. The van der Waals surface area contributed by atoms with Crippen LogP contribution < -0.4 is 0 Å². The van der Waals surface area contributed by atoms with Crippen molar-refractivity contribution in [1.82, 2.24) is 4.90 Å². The minimum atomic E-state index is -0.545. The summed E-state index contributed by atoms with van der Waals surface area (Å²) in [6.07, 6.45) is 2.98. The maximum absolute atomic E-state index is 12.2. The summed E-state index contributed by atoms with van der Waals surface area (Å²) >= 11 is 7.36. The fraction of sp³-hybridized carbons (Fsp3) is 0.188. The van der Waals surface area contributed by atoms with Crippen molar-refractivity contribution in [3.8, 4) is 0 Å². The van der Waals surface area contributed by atoms with Crippen LogP contribution in [0.2, 0.25) is 5.02 Å². The molecular formula is C16H15ClN2O3S. The summed E-state index contributed by atoms with van der Waals surface area (Å²) in [5, 5.41) is 12.9. The molecule has 0 aliphatic heterocycles. The predicted molar refractivity (Wildman–Crippen MR) is 92.6 cm³/mol. The fourth-order valence-corrected chi connectivity index (χ4v) is 2.89. The number of hydrogen-bond donors (Lipinski definition) is 0. The van der Waals surface area contributed by atoms with Crippen molar-refractivity contribution in [3.05, 3.63) is 67.4 Å². The highest BCUT2D eigenvalue weighted by Gasteiger charge is 2.13. The third kappa shape index (κ3) is 4.64. The van der Waals surface area contributed by atoms with E-state index in [1.165, 1.54) is 18.2 Å². The first-order valence-corrected chi connectivity index (χ1v) is 8.20. The number of nitro benzene ring substituents is 1. The molecule has 0 aliphatic rings. The van der Waals surface area contributed by atoms with Gasteiger partial charge < -0.3 is 4.90 Å². The number of nitro groups is 1. The maximum Gasteiger partial charge on any atom is 0.288 e. The number of carbonyl (C=O) groups is 1. The van der Waals surface area contributed by atoms with Gasteiger partial charge >= 0.3 is 0 Å². The monoisotopic (exact) mass is 350 g/mol. The van der Waals surface area contributed by atoms with Gasteiger partial charge in [-0.15, -0.1) is 11.3 Å². The molecule has 0 unspecified atom stereocenters. The van der Waals surface area contributed by atoms with Crippen LogP contribution in [0, 0.1) is 10.1 Å². The molecule has 0 radical (unpaired) electrons. The number of likely N-dealkylation sites (N-methyl/N-ethyl adjacent to an activating group) is 1. The van der Waals surface area contributed by atoms with E-state index in [4.69, 9.17) is 11.6 Å². The van der Waals surface area contributed by atoms with Gasteiger partial charge in [0.2, 0.25) is 5.91 Å². The van der Waals surface area contributed by atoms with E-state index in [1.54, 1.807) is 28.4 Å². The average Bonchev–Trinajstić information content (AvgIpc) is 3.04. The summed E-state index contributed by atoms with van der Waals surface area (Å²) in [5.74, 6) is -0.140. The molecule has 1 aromatic heterocycles. The lowest BCUT2D eigenvalue weighted by Gasteiger charge is -2.18. The van der Waals surface area contributed by atoms with E-state index >= 15 is 0 Å². The topological polar surface area (TPSA) is 63.5 Å². The van der Waals surface area contributed by atoms with Crippen LogP contribution in [0.1, 0.15) is 17.4 Å². The molecule has 1 aromatic carbocycles. The molecule has 1 amide bonds. The van der Waals surface area contributed by atoms with Crippen LogP contribution >= 0.6 is 22.9 Å². The number of nitrogens with zero attached hydrogens (tertiary/aromatic N) is 2. The first-order chi connectivity index (χ1) is 11.0. The van der Waals surface area contributed by atoms with Gasteiger partial charge in [-0.25, -0.2) is 0 Å². The highest BCUT2D eigenvalue weighted by Crippen LogP contribution is 2.25. The molecule has 0 fully saturated rings. The molecular weight excluding hydrogens is 336 g/mol. The number of amides is 1. The van der Waals surface area contributed by atoms with Crippen LogP contribution in [0.4, 0.5) is 5.69 Å². The van der Waals surface area contributed by atoms with Gasteiger partial charge in [-0.3, -0.25) is 14.9 Å². The Kier molecular flexibility index (Phi) is 5.90. The smallest absolute Gasteiger partial charge is 0.288 e. The normalized spacial score (nSPS) is 10.9. The van der Waals surface area contributed by atoms with E-state index in [9.17, 15) is 14.9 Å². The van der Waals surface area contributed by atoms with Gasteiger partial charge in [-0.2, -0.15) is 0 Å². The number of halogens is 1. The first-order valence-electron chi connectivity index (χ1n) is 6.94. The molecule has 0 spiro atoms. The summed E-state index contributed by atoms with van der Waals surface area (Å²) < 4.78 is 0. The molecule has 0 N–H and O–H groups in total. The molecule has 0 saturated carbocycles. The van der Waals surface area contributed by atoms with Crippen LogP contribution in [-0.4, -0.2) is 22.3 Å². The second-order valence-corrected chi connectivity index (χ2v) is 6.17. The largest absolute Gasteiger partial charge is 0.334 e. The van der Waals surface area contributed by atoms with Crippen molar-refractivity contribution < 1.29 is 9.72 Å². The number of rotatable bonds is 6. The van der Waals surface area contributed by atoms with E-state index in [0.29, 0.717) is 18.7 Å². The Bertz CT molecular complexity index is 729. The summed E-state index contributed by atoms with van der Waals surface area (Å²) in [7, 11) is 0. The van der Waals surface area contributed by atoms with Gasteiger partial charge in [-0.05, 0) is 36.1 Å². The van der Waals surface area contributed by atoms with Crippen molar-refractivity contribution >= 4 is 40.6 Å². The average molecular weight is 351 g/mol. The second kappa shape index (κ2) is 7.89. The molecule has 2 aromatic rings. The predicted octanol–water partition coefficient (Wildman–Crippen LogP) is 4.37. The van der Waals surface area contributed by atoms with Crippen LogP contribution in [0.25, 0.3) is 6.08 Å². The highest BCUT2D eigenvalue weighted by molar-refractivity contribution is 7.09. The number of thiophene rings is 1. The van der Waals surface area contributed by atoms with Crippen LogP contribution in [0.5, 0.6) is 0 Å². The standard InChI is InChI=1S/C16H15ClN2O3S/c1-2-18(11-13-4-3-9-23-13)16(20)8-6-12-5-7-14(17)15(10-12)19(21)22/h3-10H,2,11H2,1H3/b8-6+. The van der Waals surface area contributed by atoms with Crippen molar-refractivity contribution in [3.63, 3.8) is 0 Å². The zero-order valence-electron chi connectivity index (χ0n) is 12.4. The van der Waals surface area contributed by atoms with E-state index in [-0.39, 0.29) is 16.6 Å². The van der Waals surface area contributed by atoms with Gasteiger partial charge in [0, 0.05) is 23.6 Å². The molecule has 120 valence electrons.